The minimum Gasteiger partial charge on any atom is -0.494 e. The van der Waals surface area contributed by atoms with E-state index in [0.29, 0.717) is 32.9 Å². The van der Waals surface area contributed by atoms with Gasteiger partial charge in [0.25, 0.3) is 0 Å². The van der Waals surface area contributed by atoms with Crippen LogP contribution in [-0.2, 0) is 0 Å². The molecule has 5 aromatic carbocycles. The first-order valence-corrected chi connectivity index (χ1v) is 8.99. The van der Waals surface area contributed by atoms with E-state index in [4.69, 9.17) is 22.3 Å². The molecule has 29 heavy (non-hydrogen) atoms. The van der Waals surface area contributed by atoms with Crippen molar-refractivity contribution in [3.05, 3.63) is 47.1 Å². The molecule has 140 valence electrons. The number of pyridine rings is 1. The van der Waals surface area contributed by atoms with Crippen LogP contribution in [0.2, 0.25) is 0 Å². The fraction of sp³-hybridized carbons (Fsp3) is 0. The first kappa shape index (κ1) is 15.8. The van der Waals surface area contributed by atoms with Crippen molar-refractivity contribution in [2.45, 2.75) is 0 Å². The van der Waals surface area contributed by atoms with Crippen molar-refractivity contribution >= 4 is 65.2 Å². The summed E-state index contributed by atoms with van der Waals surface area (Å²) in [5.74, 6) is -0.534. The van der Waals surface area contributed by atoms with E-state index >= 15 is 0 Å². The molecule has 1 heterocycles. The Morgan fingerprint density at radius 2 is 1.28 bits per heavy atom. The second-order valence-corrected chi connectivity index (χ2v) is 7.46. The summed E-state index contributed by atoms with van der Waals surface area (Å²) in [5, 5.41) is 45.2. The summed E-state index contributed by atoms with van der Waals surface area (Å²) in [6.07, 6.45) is 0. The minimum atomic E-state index is -0.284. The fourth-order valence-electron chi connectivity index (χ4n) is 4.76. The Morgan fingerprint density at radius 3 is 2.07 bits per heavy atom. The van der Waals surface area contributed by atoms with Crippen molar-refractivity contribution in [1.29, 1.82) is 10.8 Å². The van der Waals surface area contributed by atoms with Crippen LogP contribution in [0.3, 0.4) is 0 Å². The SMILES string of the molecule is N=c1ccc2c3cc(N)c4c(O)[nH]c(O)c5c(=N)cc(c6cc(N)cc1c26)c3c45. The van der Waals surface area contributed by atoms with Crippen molar-refractivity contribution in [2.75, 3.05) is 11.5 Å². The Balaban J connectivity index is 2.14. The highest BCUT2D eigenvalue weighted by Gasteiger charge is 2.22. The van der Waals surface area contributed by atoms with Crippen molar-refractivity contribution in [3.63, 3.8) is 0 Å². The van der Waals surface area contributed by atoms with E-state index in [0.717, 1.165) is 37.7 Å². The number of nitrogen functional groups attached to an aromatic ring is 2. The zero-order valence-corrected chi connectivity index (χ0v) is 15.0. The van der Waals surface area contributed by atoms with E-state index in [9.17, 15) is 10.2 Å². The van der Waals surface area contributed by atoms with Crippen LogP contribution in [0.4, 0.5) is 11.4 Å². The van der Waals surface area contributed by atoms with Crippen LogP contribution in [0.25, 0.3) is 53.9 Å². The van der Waals surface area contributed by atoms with E-state index < -0.39 is 0 Å². The van der Waals surface area contributed by atoms with Crippen LogP contribution in [0.15, 0.2) is 36.4 Å². The van der Waals surface area contributed by atoms with Gasteiger partial charge < -0.3 is 32.5 Å². The maximum Gasteiger partial charge on any atom is 0.201 e. The van der Waals surface area contributed by atoms with Crippen molar-refractivity contribution in [3.8, 4) is 11.8 Å². The van der Waals surface area contributed by atoms with Crippen LogP contribution in [0.5, 0.6) is 11.8 Å². The number of nitrogens with one attached hydrogen (secondary N) is 3. The predicted molar refractivity (Wildman–Crippen MR) is 115 cm³/mol. The molecule has 0 atom stereocenters. The van der Waals surface area contributed by atoms with Gasteiger partial charge in [-0.05, 0) is 62.6 Å². The van der Waals surface area contributed by atoms with E-state index in [2.05, 4.69) is 4.98 Å². The third kappa shape index (κ3) is 1.72. The van der Waals surface area contributed by atoms with Gasteiger partial charge in [0, 0.05) is 22.1 Å². The number of aromatic amines is 1. The van der Waals surface area contributed by atoms with Crippen LogP contribution in [0, 0.1) is 10.8 Å². The summed E-state index contributed by atoms with van der Waals surface area (Å²) < 4.78 is 0. The molecular formula is C22H15N5O2. The molecule has 0 aliphatic heterocycles. The highest BCUT2D eigenvalue weighted by atomic mass is 16.3. The zero-order valence-electron chi connectivity index (χ0n) is 15.0. The van der Waals surface area contributed by atoms with Gasteiger partial charge in [-0.15, -0.1) is 0 Å². The van der Waals surface area contributed by atoms with Crippen molar-refractivity contribution < 1.29 is 10.2 Å². The highest BCUT2D eigenvalue weighted by molar-refractivity contribution is 6.38. The van der Waals surface area contributed by atoms with E-state index in [1.54, 1.807) is 24.3 Å². The lowest BCUT2D eigenvalue weighted by Crippen LogP contribution is -2.06. The normalized spacial score (nSPS) is 12.3. The number of hydrogen-bond acceptors (Lipinski definition) is 6. The summed E-state index contributed by atoms with van der Waals surface area (Å²) >= 11 is 0. The Bertz CT molecular complexity index is 1790. The lowest BCUT2D eigenvalue weighted by atomic mass is 9.86. The number of nitrogens with two attached hydrogens (primary N) is 2. The Kier molecular flexibility index (Phi) is 2.59. The molecule has 0 aliphatic carbocycles. The van der Waals surface area contributed by atoms with Gasteiger partial charge in [0.05, 0.1) is 21.5 Å². The summed E-state index contributed by atoms with van der Waals surface area (Å²) in [7, 11) is 0. The van der Waals surface area contributed by atoms with Gasteiger partial charge in [-0.3, -0.25) is 4.98 Å². The number of fused-ring (bicyclic) bond motifs is 2. The van der Waals surface area contributed by atoms with Crippen molar-refractivity contribution in [2.24, 2.45) is 0 Å². The number of aromatic nitrogens is 1. The average Bonchev–Trinajstić information content (AvgIpc) is 2.65. The smallest absolute Gasteiger partial charge is 0.201 e. The third-order valence-electron chi connectivity index (χ3n) is 5.86. The number of anilines is 2. The topological polar surface area (TPSA) is 156 Å². The van der Waals surface area contributed by atoms with Gasteiger partial charge >= 0.3 is 0 Å². The van der Waals surface area contributed by atoms with E-state index in [1.165, 1.54) is 0 Å². The number of hydrogen-bond donors (Lipinski definition) is 7. The first-order valence-electron chi connectivity index (χ1n) is 8.99. The van der Waals surface area contributed by atoms with Gasteiger partial charge in [0.1, 0.15) is 0 Å². The molecule has 0 radical (unpaired) electrons. The monoisotopic (exact) mass is 381 g/mol. The molecule has 0 bridgehead atoms. The molecule has 6 aromatic rings. The van der Waals surface area contributed by atoms with Crippen LogP contribution in [0.1, 0.15) is 0 Å². The van der Waals surface area contributed by atoms with Crippen molar-refractivity contribution in [1.82, 2.24) is 4.98 Å². The van der Waals surface area contributed by atoms with Crippen LogP contribution in [-0.4, -0.2) is 15.2 Å². The molecule has 0 saturated carbocycles. The summed E-state index contributed by atoms with van der Waals surface area (Å²) in [4.78, 5) is 2.51. The summed E-state index contributed by atoms with van der Waals surface area (Å²) in [6, 6.07) is 10.7. The molecule has 6 rings (SSSR count). The fourth-order valence-corrected chi connectivity index (χ4v) is 4.76. The molecule has 0 aliphatic rings. The Morgan fingerprint density at radius 1 is 0.621 bits per heavy atom. The second-order valence-electron chi connectivity index (χ2n) is 7.46. The number of H-pyrrole nitrogens is 1. The van der Waals surface area contributed by atoms with Gasteiger partial charge in [0.15, 0.2) is 0 Å². The largest absolute Gasteiger partial charge is 0.494 e. The molecule has 7 heteroatoms. The molecule has 0 fully saturated rings. The zero-order chi connectivity index (χ0) is 20.2. The predicted octanol–water partition coefficient (Wildman–Crippen LogP) is 3.19. The van der Waals surface area contributed by atoms with Gasteiger partial charge in [-0.1, -0.05) is 6.07 Å². The molecular weight excluding hydrogens is 366 g/mol. The Labute approximate surface area is 162 Å². The molecule has 0 unspecified atom stereocenters. The highest BCUT2D eigenvalue weighted by Crippen LogP contribution is 2.46. The third-order valence-corrected chi connectivity index (χ3v) is 5.86. The molecule has 1 aromatic heterocycles. The summed E-state index contributed by atoms with van der Waals surface area (Å²) in [6.45, 7) is 0. The lowest BCUT2D eigenvalue weighted by molar-refractivity contribution is 0.422. The maximum atomic E-state index is 10.5. The van der Waals surface area contributed by atoms with Gasteiger partial charge in [-0.25, -0.2) is 0 Å². The Hall–Kier alpha value is -4.26. The van der Waals surface area contributed by atoms with E-state index in [-0.39, 0.29) is 17.1 Å². The lowest BCUT2D eigenvalue weighted by Gasteiger charge is -2.19. The number of aromatic hydroxyl groups is 2. The van der Waals surface area contributed by atoms with E-state index in [1.807, 2.05) is 12.1 Å². The molecule has 0 amide bonds. The first-order chi connectivity index (χ1) is 13.9. The summed E-state index contributed by atoms with van der Waals surface area (Å²) in [5.41, 5.74) is 13.3. The maximum absolute atomic E-state index is 10.5. The quantitative estimate of drug-likeness (QED) is 0.122. The number of benzene rings is 5. The molecule has 9 N–H and O–H groups in total. The van der Waals surface area contributed by atoms with Gasteiger partial charge in [0.2, 0.25) is 11.8 Å². The number of rotatable bonds is 0. The van der Waals surface area contributed by atoms with Gasteiger partial charge in [-0.2, -0.15) is 0 Å². The second kappa shape index (κ2) is 4.77. The van der Waals surface area contributed by atoms with Crippen LogP contribution >= 0.6 is 0 Å². The molecule has 7 nitrogen and oxygen atoms in total. The standard InChI is InChI=1S/C22H15N5O2/c23-7-3-9-11-6-15(26)19-20-17(11)10(5-14(25)18(20)21(28)27-22(19)29)8-1-2-13(24)12(4-7)16(8)9/h1-6,24,26-29H,23,25H2. The average molecular weight is 381 g/mol. The van der Waals surface area contributed by atoms with Crippen LogP contribution < -0.4 is 22.2 Å². The molecule has 0 spiro atoms. The molecule has 0 saturated heterocycles. The minimum absolute atomic E-state index is 0.101.